The Morgan fingerprint density at radius 1 is 1.27 bits per heavy atom. The van der Waals surface area contributed by atoms with E-state index in [-0.39, 0.29) is 12.4 Å². The first-order valence-corrected chi connectivity index (χ1v) is 5.17. The highest BCUT2D eigenvalue weighted by Gasteiger charge is 2.13. The maximum absolute atomic E-state index is 5.69. The molecular weight excluding hydrogens is 235 g/mol. The zero-order valence-corrected chi connectivity index (χ0v) is 9.81. The Hall–Kier alpha value is -0.580. The summed E-state index contributed by atoms with van der Waals surface area (Å²) in [4.78, 5) is 8.20. The highest BCUT2D eigenvalue weighted by molar-refractivity contribution is 6.30. The van der Waals surface area contributed by atoms with Crippen LogP contribution < -0.4 is 10.6 Å². The summed E-state index contributed by atoms with van der Waals surface area (Å²) in [5.74, 6) is 0.668. The molecule has 0 aromatic carbocycles. The van der Waals surface area contributed by atoms with Gasteiger partial charge in [-0.25, -0.2) is 9.97 Å². The van der Waals surface area contributed by atoms with Gasteiger partial charge in [-0.1, -0.05) is 11.6 Å². The molecule has 1 aromatic rings. The lowest BCUT2D eigenvalue weighted by atomic mass is 10.1. The summed E-state index contributed by atoms with van der Waals surface area (Å²) in [6.45, 7) is 2.12. The average Bonchev–Trinajstić information content (AvgIpc) is 2.23. The summed E-state index contributed by atoms with van der Waals surface area (Å²) in [5.41, 5.74) is 0. The smallest absolute Gasteiger partial charge is 0.222 e. The lowest BCUT2D eigenvalue weighted by molar-refractivity contribution is 0.477. The van der Waals surface area contributed by atoms with Crippen LogP contribution in [0.2, 0.25) is 5.02 Å². The van der Waals surface area contributed by atoms with Crippen LogP contribution in [0.4, 0.5) is 5.95 Å². The first-order chi connectivity index (χ1) is 6.84. The molecule has 1 aliphatic heterocycles. The number of piperidine rings is 1. The number of nitrogens with one attached hydrogen (secondary N) is 2. The molecule has 0 radical (unpaired) electrons. The molecule has 0 bridgehead atoms. The topological polar surface area (TPSA) is 49.8 Å². The van der Waals surface area contributed by atoms with Gasteiger partial charge in [-0.05, 0) is 25.9 Å². The molecule has 0 atom stereocenters. The Balaban J connectivity index is 0.00000112. The van der Waals surface area contributed by atoms with Gasteiger partial charge in [0.1, 0.15) is 0 Å². The molecule has 4 nitrogen and oxygen atoms in total. The van der Waals surface area contributed by atoms with Gasteiger partial charge < -0.3 is 10.6 Å². The van der Waals surface area contributed by atoms with E-state index in [9.17, 15) is 0 Å². The SMILES string of the molecule is Cl.Clc1cnc(NC2CCNCC2)nc1. The minimum atomic E-state index is 0. The standard InChI is InChI=1S/C9H13ClN4.ClH/c10-7-5-12-9(13-6-7)14-8-1-3-11-4-2-8;/h5-6,8,11H,1-4H2,(H,12,13,14);1H. The van der Waals surface area contributed by atoms with Crippen LogP contribution in [0.15, 0.2) is 12.4 Å². The Morgan fingerprint density at radius 2 is 1.87 bits per heavy atom. The molecule has 2 heterocycles. The van der Waals surface area contributed by atoms with Gasteiger partial charge in [0.15, 0.2) is 0 Å². The third kappa shape index (κ3) is 3.81. The van der Waals surface area contributed by atoms with Crippen LogP contribution in [0.25, 0.3) is 0 Å². The first-order valence-electron chi connectivity index (χ1n) is 4.79. The Labute approximate surface area is 100 Å². The van der Waals surface area contributed by atoms with Crippen molar-refractivity contribution in [3.63, 3.8) is 0 Å². The van der Waals surface area contributed by atoms with E-state index in [1.807, 2.05) is 0 Å². The second-order valence-corrected chi connectivity index (χ2v) is 3.83. The van der Waals surface area contributed by atoms with Gasteiger partial charge in [-0.15, -0.1) is 12.4 Å². The van der Waals surface area contributed by atoms with Crippen LogP contribution in [-0.2, 0) is 0 Å². The number of rotatable bonds is 2. The number of hydrogen-bond donors (Lipinski definition) is 2. The van der Waals surface area contributed by atoms with Gasteiger partial charge in [-0.3, -0.25) is 0 Å². The normalized spacial score (nSPS) is 16.9. The van der Waals surface area contributed by atoms with Crippen molar-refractivity contribution in [1.82, 2.24) is 15.3 Å². The highest BCUT2D eigenvalue weighted by atomic mass is 35.5. The van der Waals surface area contributed by atoms with E-state index in [2.05, 4.69) is 20.6 Å². The summed E-state index contributed by atoms with van der Waals surface area (Å²) >= 11 is 5.69. The monoisotopic (exact) mass is 248 g/mol. The van der Waals surface area contributed by atoms with Crippen molar-refractivity contribution in [3.8, 4) is 0 Å². The molecular formula is C9H14Cl2N4. The summed E-state index contributed by atoms with van der Waals surface area (Å²) in [6.07, 6.45) is 5.45. The lowest BCUT2D eigenvalue weighted by Crippen LogP contribution is -2.35. The molecule has 0 aliphatic carbocycles. The minimum Gasteiger partial charge on any atom is -0.351 e. The van der Waals surface area contributed by atoms with Crippen molar-refractivity contribution >= 4 is 30.0 Å². The van der Waals surface area contributed by atoms with Crippen molar-refractivity contribution in [2.24, 2.45) is 0 Å². The molecule has 0 unspecified atom stereocenters. The molecule has 84 valence electrons. The van der Waals surface area contributed by atoms with E-state index in [0.29, 0.717) is 17.0 Å². The molecule has 0 amide bonds. The molecule has 1 aliphatic rings. The quantitative estimate of drug-likeness (QED) is 0.837. The fraction of sp³-hybridized carbons (Fsp3) is 0.556. The summed E-state index contributed by atoms with van der Waals surface area (Å²) < 4.78 is 0. The Kier molecular flexibility index (Phi) is 5.08. The summed E-state index contributed by atoms with van der Waals surface area (Å²) in [7, 11) is 0. The fourth-order valence-corrected chi connectivity index (χ4v) is 1.63. The molecule has 2 rings (SSSR count). The van der Waals surface area contributed by atoms with Gasteiger partial charge in [0.05, 0.1) is 17.4 Å². The van der Waals surface area contributed by atoms with E-state index in [1.165, 1.54) is 0 Å². The largest absolute Gasteiger partial charge is 0.351 e. The molecule has 0 saturated carbocycles. The van der Waals surface area contributed by atoms with Crippen LogP contribution in [0.3, 0.4) is 0 Å². The fourth-order valence-electron chi connectivity index (χ4n) is 1.54. The maximum Gasteiger partial charge on any atom is 0.222 e. The predicted molar refractivity (Wildman–Crippen MR) is 63.8 cm³/mol. The second-order valence-electron chi connectivity index (χ2n) is 3.39. The Morgan fingerprint density at radius 3 is 2.47 bits per heavy atom. The molecule has 1 fully saturated rings. The van der Waals surface area contributed by atoms with Gasteiger partial charge in [0.2, 0.25) is 5.95 Å². The molecule has 1 aromatic heterocycles. The molecule has 0 spiro atoms. The van der Waals surface area contributed by atoms with Gasteiger partial charge in [0, 0.05) is 6.04 Å². The first kappa shape index (κ1) is 12.5. The number of nitrogens with zero attached hydrogens (tertiary/aromatic N) is 2. The molecule has 15 heavy (non-hydrogen) atoms. The van der Waals surface area contributed by atoms with E-state index in [4.69, 9.17) is 11.6 Å². The molecule has 6 heteroatoms. The van der Waals surface area contributed by atoms with Crippen LogP contribution in [0, 0.1) is 0 Å². The zero-order chi connectivity index (χ0) is 9.80. The van der Waals surface area contributed by atoms with E-state index in [0.717, 1.165) is 25.9 Å². The van der Waals surface area contributed by atoms with Crippen molar-refractivity contribution in [3.05, 3.63) is 17.4 Å². The number of anilines is 1. The van der Waals surface area contributed by atoms with Gasteiger partial charge in [0.25, 0.3) is 0 Å². The van der Waals surface area contributed by atoms with E-state index < -0.39 is 0 Å². The van der Waals surface area contributed by atoms with Gasteiger partial charge in [-0.2, -0.15) is 0 Å². The second kappa shape index (κ2) is 6.10. The number of aromatic nitrogens is 2. The maximum atomic E-state index is 5.69. The molecule has 2 N–H and O–H groups in total. The zero-order valence-electron chi connectivity index (χ0n) is 8.24. The lowest BCUT2D eigenvalue weighted by Gasteiger charge is -2.23. The van der Waals surface area contributed by atoms with Crippen molar-refractivity contribution in [1.29, 1.82) is 0 Å². The van der Waals surface area contributed by atoms with Crippen LogP contribution >= 0.6 is 24.0 Å². The van der Waals surface area contributed by atoms with Crippen LogP contribution in [0.5, 0.6) is 0 Å². The Bertz CT molecular complexity index is 285. The predicted octanol–water partition coefficient (Wildman–Crippen LogP) is 1.72. The highest BCUT2D eigenvalue weighted by Crippen LogP contribution is 2.10. The third-order valence-electron chi connectivity index (χ3n) is 2.29. The van der Waals surface area contributed by atoms with E-state index in [1.54, 1.807) is 12.4 Å². The average molecular weight is 249 g/mol. The third-order valence-corrected chi connectivity index (χ3v) is 2.49. The van der Waals surface area contributed by atoms with E-state index >= 15 is 0 Å². The number of hydrogen-bond acceptors (Lipinski definition) is 4. The van der Waals surface area contributed by atoms with Crippen LogP contribution in [-0.4, -0.2) is 29.1 Å². The minimum absolute atomic E-state index is 0. The van der Waals surface area contributed by atoms with Crippen molar-refractivity contribution < 1.29 is 0 Å². The summed E-state index contributed by atoms with van der Waals surface area (Å²) in [5, 5.41) is 7.17. The van der Waals surface area contributed by atoms with Gasteiger partial charge >= 0.3 is 0 Å². The summed E-state index contributed by atoms with van der Waals surface area (Å²) in [6, 6.07) is 0.484. The van der Waals surface area contributed by atoms with Crippen molar-refractivity contribution in [2.45, 2.75) is 18.9 Å². The number of halogens is 2. The van der Waals surface area contributed by atoms with Crippen molar-refractivity contribution in [2.75, 3.05) is 18.4 Å². The molecule has 1 saturated heterocycles. The van der Waals surface area contributed by atoms with Crippen LogP contribution in [0.1, 0.15) is 12.8 Å².